The Bertz CT molecular complexity index is 516. The number of aliphatic hydroxyl groups is 1. The minimum absolute atomic E-state index is 0.326. The third-order valence-electron chi connectivity index (χ3n) is 4.72. The van der Waals surface area contributed by atoms with Crippen molar-refractivity contribution in [3.8, 4) is 5.75 Å². The third-order valence-corrected chi connectivity index (χ3v) is 4.72. The predicted octanol–water partition coefficient (Wildman–Crippen LogP) is 1.62. The van der Waals surface area contributed by atoms with Crippen molar-refractivity contribution >= 4 is 0 Å². The molecule has 1 aromatic rings. The van der Waals surface area contributed by atoms with E-state index in [0.29, 0.717) is 13.2 Å². The van der Waals surface area contributed by atoms with Crippen LogP contribution in [0.15, 0.2) is 12.1 Å². The van der Waals surface area contributed by atoms with E-state index in [1.54, 1.807) is 0 Å². The van der Waals surface area contributed by atoms with E-state index >= 15 is 0 Å². The summed E-state index contributed by atoms with van der Waals surface area (Å²) in [5.41, 5.74) is 3.49. The lowest BCUT2D eigenvalue weighted by Crippen LogP contribution is -2.42. The van der Waals surface area contributed by atoms with Gasteiger partial charge in [0.25, 0.3) is 0 Å². The standard InChI is InChI=1S/C19H32N2O3/c1-15-5-6-16(2)19(17(15)3)24-14-18(22)13-20(4)7-8-21-9-11-23-12-10-21/h5-6,18,22H,7-14H2,1-4H3. The van der Waals surface area contributed by atoms with Crippen LogP contribution >= 0.6 is 0 Å². The van der Waals surface area contributed by atoms with Crippen LogP contribution in [0.1, 0.15) is 16.7 Å². The molecule has 0 aromatic heterocycles. The van der Waals surface area contributed by atoms with Crippen molar-refractivity contribution in [2.24, 2.45) is 0 Å². The van der Waals surface area contributed by atoms with Crippen molar-refractivity contribution in [2.45, 2.75) is 26.9 Å². The highest BCUT2D eigenvalue weighted by molar-refractivity contribution is 5.44. The number of hydrogen-bond acceptors (Lipinski definition) is 5. The minimum atomic E-state index is -0.487. The summed E-state index contributed by atoms with van der Waals surface area (Å²) in [5.74, 6) is 0.907. The maximum absolute atomic E-state index is 10.3. The smallest absolute Gasteiger partial charge is 0.125 e. The number of benzene rings is 1. The van der Waals surface area contributed by atoms with Gasteiger partial charge in [-0.3, -0.25) is 4.90 Å². The lowest BCUT2D eigenvalue weighted by molar-refractivity contribution is 0.0296. The van der Waals surface area contributed by atoms with E-state index < -0.39 is 6.10 Å². The number of aryl methyl sites for hydroxylation is 2. The summed E-state index contributed by atoms with van der Waals surface area (Å²) < 4.78 is 11.3. The lowest BCUT2D eigenvalue weighted by atomic mass is 10.1. The molecule has 0 saturated carbocycles. The highest BCUT2D eigenvalue weighted by Crippen LogP contribution is 2.25. The second-order valence-corrected chi connectivity index (χ2v) is 6.83. The van der Waals surface area contributed by atoms with Crippen molar-refractivity contribution in [3.05, 3.63) is 28.8 Å². The van der Waals surface area contributed by atoms with Crippen LogP contribution in [0.3, 0.4) is 0 Å². The zero-order chi connectivity index (χ0) is 17.5. The monoisotopic (exact) mass is 336 g/mol. The molecule has 1 aliphatic rings. The molecule has 0 spiro atoms. The van der Waals surface area contributed by atoms with Gasteiger partial charge in [0, 0.05) is 32.7 Å². The van der Waals surface area contributed by atoms with Crippen LogP contribution in [0, 0.1) is 20.8 Å². The van der Waals surface area contributed by atoms with E-state index in [9.17, 15) is 5.11 Å². The summed E-state index contributed by atoms with van der Waals surface area (Å²) in [6, 6.07) is 4.17. The molecular formula is C19H32N2O3. The first-order valence-electron chi connectivity index (χ1n) is 8.83. The molecule has 1 atom stereocenters. The van der Waals surface area contributed by atoms with Gasteiger partial charge in [0.05, 0.1) is 13.2 Å². The number of rotatable bonds is 8. The molecule has 1 heterocycles. The fraction of sp³-hybridized carbons (Fsp3) is 0.684. The average Bonchev–Trinajstić information content (AvgIpc) is 2.57. The van der Waals surface area contributed by atoms with Crippen molar-refractivity contribution in [3.63, 3.8) is 0 Å². The molecule has 1 aliphatic heterocycles. The summed E-state index contributed by atoms with van der Waals surface area (Å²) >= 11 is 0. The normalized spacial score (nSPS) is 17.2. The Morgan fingerprint density at radius 3 is 2.58 bits per heavy atom. The second kappa shape index (κ2) is 9.37. The summed E-state index contributed by atoms with van der Waals surface area (Å²) in [4.78, 5) is 4.57. The molecule has 1 unspecified atom stereocenters. The first-order chi connectivity index (χ1) is 11.5. The van der Waals surface area contributed by atoms with E-state index in [-0.39, 0.29) is 0 Å². The van der Waals surface area contributed by atoms with Crippen LogP contribution in [0.25, 0.3) is 0 Å². The maximum atomic E-state index is 10.3. The molecule has 0 radical (unpaired) electrons. The van der Waals surface area contributed by atoms with Gasteiger partial charge in [-0.2, -0.15) is 0 Å². The van der Waals surface area contributed by atoms with Crippen molar-refractivity contribution in [2.75, 3.05) is 59.6 Å². The zero-order valence-electron chi connectivity index (χ0n) is 15.5. The molecule has 136 valence electrons. The van der Waals surface area contributed by atoms with Crippen molar-refractivity contribution < 1.29 is 14.6 Å². The Morgan fingerprint density at radius 1 is 1.21 bits per heavy atom. The van der Waals surface area contributed by atoms with Crippen LogP contribution in [0.2, 0.25) is 0 Å². The van der Waals surface area contributed by atoms with Crippen LogP contribution in [0.4, 0.5) is 0 Å². The van der Waals surface area contributed by atoms with Gasteiger partial charge < -0.3 is 19.5 Å². The van der Waals surface area contributed by atoms with Crippen LogP contribution in [-0.2, 0) is 4.74 Å². The van der Waals surface area contributed by atoms with E-state index in [0.717, 1.165) is 56.3 Å². The summed E-state index contributed by atoms with van der Waals surface area (Å²) in [6.07, 6.45) is -0.487. The van der Waals surface area contributed by atoms with Crippen molar-refractivity contribution in [1.82, 2.24) is 9.80 Å². The van der Waals surface area contributed by atoms with Crippen LogP contribution < -0.4 is 4.74 Å². The van der Waals surface area contributed by atoms with Gasteiger partial charge in [0.2, 0.25) is 0 Å². The van der Waals surface area contributed by atoms with E-state index in [1.807, 2.05) is 14.0 Å². The molecule has 1 fully saturated rings. The number of ether oxygens (including phenoxy) is 2. The number of likely N-dealkylation sites (N-methyl/N-ethyl adjacent to an activating group) is 1. The summed E-state index contributed by atoms with van der Waals surface area (Å²) in [5, 5.41) is 10.3. The SMILES string of the molecule is Cc1ccc(C)c(OCC(O)CN(C)CCN2CCOCC2)c1C. The molecule has 0 aliphatic carbocycles. The molecular weight excluding hydrogens is 304 g/mol. The van der Waals surface area contributed by atoms with E-state index in [4.69, 9.17) is 9.47 Å². The molecule has 2 rings (SSSR count). The fourth-order valence-corrected chi connectivity index (χ4v) is 2.97. The number of aliphatic hydroxyl groups excluding tert-OH is 1. The van der Waals surface area contributed by atoms with Gasteiger partial charge >= 0.3 is 0 Å². The first-order valence-corrected chi connectivity index (χ1v) is 8.83. The molecule has 1 N–H and O–H groups in total. The van der Waals surface area contributed by atoms with Gasteiger partial charge in [-0.25, -0.2) is 0 Å². The van der Waals surface area contributed by atoms with E-state index in [1.165, 1.54) is 5.56 Å². The Morgan fingerprint density at radius 2 is 1.88 bits per heavy atom. The largest absolute Gasteiger partial charge is 0.490 e. The second-order valence-electron chi connectivity index (χ2n) is 6.83. The molecule has 5 nitrogen and oxygen atoms in total. The van der Waals surface area contributed by atoms with Gasteiger partial charge in [0.1, 0.15) is 18.5 Å². The Labute approximate surface area is 146 Å². The summed E-state index contributed by atoms with van der Waals surface area (Å²) in [7, 11) is 2.05. The fourth-order valence-electron chi connectivity index (χ4n) is 2.97. The van der Waals surface area contributed by atoms with Gasteiger partial charge in [-0.05, 0) is 44.5 Å². The summed E-state index contributed by atoms with van der Waals surface area (Å²) in [6.45, 7) is 12.8. The highest BCUT2D eigenvalue weighted by Gasteiger charge is 2.14. The predicted molar refractivity (Wildman–Crippen MR) is 96.9 cm³/mol. The van der Waals surface area contributed by atoms with Crippen LogP contribution in [-0.4, -0.2) is 80.6 Å². The van der Waals surface area contributed by atoms with E-state index in [2.05, 4.69) is 35.8 Å². The zero-order valence-corrected chi connectivity index (χ0v) is 15.5. The van der Waals surface area contributed by atoms with Gasteiger partial charge in [-0.1, -0.05) is 12.1 Å². The molecule has 5 heteroatoms. The molecule has 0 amide bonds. The van der Waals surface area contributed by atoms with Crippen molar-refractivity contribution in [1.29, 1.82) is 0 Å². The lowest BCUT2D eigenvalue weighted by Gasteiger charge is -2.29. The topological polar surface area (TPSA) is 45.2 Å². The van der Waals surface area contributed by atoms with Gasteiger partial charge in [-0.15, -0.1) is 0 Å². The molecule has 1 aromatic carbocycles. The van der Waals surface area contributed by atoms with Gasteiger partial charge in [0.15, 0.2) is 0 Å². The number of hydrogen-bond donors (Lipinski definition) is 1. The molecule has 1 saturated heterocycles. The first kappa shape index (κ1) is 19.2. The Balaban J connectivity index is 1.72. The third kappa shape index (κ3) is 5.74. The highest BCUT2D eigenvalue weighted by atomic mass is 16.5. The maximum Gasteiger partial charge on any atom is 0.125 e. The molecule has 24 heavy (non-hydrogen) atoms. The molecule has 0 bridgehead atoms. The Kier molecular flexibility index (Phi) is 7.49. The minimum Gasteiger partial charge on any atom is -0.490 e. The average molecular weight is 336 g/mol. The van der Waals surface area contributed by atoms with Crippen LogP contribution in [0.5, 0.6) is 5.75 Å². The number of morpholine rings is 1. The quantitative estimate of drug-likeness (QED) is 0.781. The number of nitrogens with zero attached hydrogens (tertiary/aromatic N) is 2. The Hall–Kier alpha value is -1.14.